The summed E-state index contributed by atoms with van der Waals surface area (Å²) in [6.45, 7) is 7.22. The number of nitrogens with zero attached hydrogens (tertiary/aromatic N) is 6. The number of hydrogen-bond acceptors (Lipinski definition) is 9. The Bertz CT molecular complexity index is 1190. The molecule has 1 aliphatic rings. The maximum absolute atomic E-state index is 14.8. The Morgan fingerprint density at radius 2 is 2.06 bits per heavy atom. The highest BCUT2D eigenvalue weighted by molar-refractivity contribution is 7.98. The molecule has 4 rings (SSSR count). The number of thioether (sulfide) groups is 1. The van der Waals surface area contributed by atoms with Gasteiger partial charge in [-0.15, -0.1) is 18.3 Å². The second kappa shape index (κ2) is 11.4. The van der Waals surface area contributed by atoms with Crippen molar-refractivity contribution >= 4 is 51.7 Å². The van der Waals surface area contributed by atoms with Gasteiger partial charge in [-0.2, -0.15) is 10.1 Å². The van der Waals surface area contributed by atoms with Crippen LogP contribution in [0.15, 0.2) is 37.2 Å². The van der Waals surface area contributed by atoms with Crippen LogP contribution in [0.5, 0.6) is 0 Å². The summed E-state index contributed by atoms with van der Waals surface area (Å²) in [5, 5.41) is 14.2. The lowest BCUT2D eigenvalue weighted by molar-refractivity contribution is -0.130. The van der Waals surface area contributed by atoms with Gasteiger partial charge in [0.15, 0.2) is 5.82 Å². The van der Waals surface area contributed by atoms with E-state index < -0.39 is 5.82 Å². The fourth-order valence-corrected chi connectivity index (χ4v) is 4.26. The van der Waals surface area contributed by atoms with Crippen molar-refractivity contribution in [2.45, 2.75) is 6.54 Å². The molecule has 0 bridgehead atoms. The van der Waals surface area contributed by atoms with Crippen LogP contribution < -0.4 is 20.9 Å². The van der Waals surface area contributed by atoms with Gasteiger partial charge in [0, 0.05) is 31.6 Å². The molecule has 0 atom stereocenters. The van der Waals surface area contributed by atoms with Crippen molar-refractivity contribution < 1.29 is 9.18 Å². The van der Waals surface area contributed by atoms with Gasteiger partial charge in [-0.3, -0.25) is 9.48 Å². The number of halogens is 1. The molecule has 1 saturated heterocycles. The number of likely N-dealkylation sites (N-methyl/N-ethyl adjacent to an activating group) is 1. The molecule has 2 aromatic heterocycles. The van der Waals surface area contributed by atoms with E-state index in [1.165, 1.54) is 6.07 Å². The first-order valence-corrected chi connectivity index (χ1v) is 12.7. The molecular weight excluding hydrogens is 469 g/mol. The predicted octanol–water partition coefficient (Wildman–Crippen LogP) is 2.50. The van der Waals surface area contributed by atoms with Gasteiger partial charge in [-0.1, -0.05) is 6.08 Å². The van der Waals surface area contributed by atoms with E-state index in [1.807, 2.05) is 11.2 Å². The van der Waals surface area contributed by atoms with Crippen molar-refractivity contribution in [3.8, 4) is 0 Å². The second-order valence-electron chi connectivity index (χ2n) is 8.07. The highest BCUT2D eigenvalue weighted by atomic mass is 32.2. The number of aromatic nitrogens is 4. The third-order valence-electron chi connectivity index (χ3n) is 5.73. The van der Waals surface area contributed by atoms with Gasteiger partial charge >= 0.3 is 0 Å². The molecule has 1 amide bonds. The predicted molar refractivity (Wildman–Crippen MR) is 140 cm³/mol. The quantitative estimate of drug-likeness (QED) is 0.287. The van der Waals surface area contributed by atoms with Crippen LogP contribution in [0.25, 0.3) is 10.9 Å². The minimum Gasteiger partial charge on any atom is -0.364 e. The van der Waals surface area contributed by atoms with Crippen LogP contribution in [-0.4, -0.2) is 82.5 Å². The summed E-state index contributed by atoms with van der Waals surface area (Å²) in [7, 11) is 1.77. The lowest BCUT2D eigenvalue weighted by Gasteiger charge is -2.36. The molecule has 12 heteroatoms. The largest absolute Gasteiger partial charge is 0.364 e. The third-order valence-corrected chi connectivity index (χ3v) is 6.17. The van der Waals surface area contributed by atoms with Crippen LogP contribution in [0, 0.1) is 5.82 Å². The lowest BCUT2D eigenvalue weighted by atomic mass is 10.2. The number of piperazine rings is 1. The minimum atomic E-state index is -0.413. The molecule has 3 N–H and O–H groups in total. The summed E-state index contributed by atoms with van der Waals surface area (Å²) in [5.74, 6) is 1.28. The monoisotopic (exact) mass is 499 g/mol. The molecule has 1 aliphatic heterocycles. The molecule has 0 radical (unpaired) electrons. The van der Waals surface area contributed by atoms with Crippen molar-refractivity contribution in [2.75, 3.05) is 67.4 Å². The van der Waals surface area contributed by atoms with Crippen LogP contribution >= 0.6 is 11.8 Å². The van der Waals surface area contributed by atoms with Gasteiger partial charge in [0.05, 0.1) is 48.3 Å². The highest BCUT2D eigenvalue weighted by Gasteiger charge is 2.23. The smallest absolute Gasteiger partial charge is 0.236 e. The molecule has 3 aromatic rings. The first-order valence-electron chi connectivity index (χ1n) is 11.3. The van der Waals surface area contributed by atoms with Gasteiger partial charge < -0.3 is 25.8 Å². The number of amides is 1. The van der Waals surface area contributed by atoms with E-state index >= 15 is 0 Å². The van der Waals surface area contributed by atoms with Crippen LogP contribution in [-0.2, 0) is 11.3 Å². The molecule has 1 aromatic carbocycles. The van der Waals surface area contributed by atoms with Crippen molar-refractivity contribution in [1.29, 1.82) is 0 Å². The Hall–Kier alpha value is -3.38. The molecule has 3 heterocycles. The number of carbonyl (C=O) groups is 1. The SMILES string of the molecule is C=CCn1ncc2cc(F)c(Nc3ncc(N4CCN(C(=O)CNC)CC4)c(NCSC)n3)cc21. The van der Waals surface area contributed by atoms with Crippen LogP contribution in [0.1, 0.15) is 0 Å². The maximum Gasteiger partial charge on any atom is 0.236 e. The average molecular weight is 500 g/mol. The Balaban J connectivity index is 1.55. The standard InChI is InChI=1S/C23H30FN9OS/c1-4-5-33-19-11-18(17(24)10-16(19)12-28-33)29-23-26-13-20(22(30-23)27-15-35-3)31-6-8-32(9-7-31)21(34)14-25-2/h4,10-13,25H,1,5-9,14-15H2,2-3H3,(H2,26,27,29,30). The van der Waals surface area contributed by atoms with E-state index in [9.17, 15) is 9.18 Å². The number of nitrogens with one attached hydrogen (secondary N) is 3. The number of allylic oxidation sites excluding steroid dienone is 1. The van der Waals surface area contributed by atoms with Gasteiger partial charge in [0.2, 0.25) is 11.9 Å². The van der Waals surface area contributed by atoms with Crippen molar-refractivity contribution in [3.63, 3.8) is 0 Å². The first-order chi connectivity index (χ1) is 17.0. The number of hydrogen-bond donors (Lipinski definition) is 3. The summed E-state index contributed by atoms with van der Waals surface area (Å²) in [5.41, 5.74) is 1.91. The molecule has 0 spiro atoms. The second-order valence-corrected chi connectivity index (χ2v) is 8.93. The zero-order valence-corrected chi connectivity index (χ0v) is 20.7. The molecule has 186 valence electrons. The van der Waals surface area contributed by atoms with E-state index in [0.717, 1.165) is 11.2 Å². The zero-order valence-electron chi connectivity index (χ0n) is 19.9. The van der Waals surface area contributed by atoms with Crippen molar-refractivity contribution in [1.82, 2.24) is 30.0 Å². The first kappa shape index (κ1) is 24.7. The summed E-state index contributed by atoms with van der Waals surface area (Å²) in [6.07, 6.45) is 7.11. The number of anilines is 4. The fourth-order valence-electron chi connectivity index (χ4n) is 3.98. The molecule has 0 aliphatic carbocycles. The van der Waals surface area contributed by atoms with Gasteiger partial charge in [-0.25, -0.2) is 9.37 Å². The van der Waals surface area contributed by atoms with Gasteiger partial charge in [-0.05, 0) is 25.4 Å². The summed E-state index contributed by atoms with van der Waals surface area (Å²) >= 11 is 1.63. The third kappa shape index (κ3) is 5.65. The molecule has 10 nitrogen and oxygen atoms in total. The molecule has 35 heavy (non-hydrogen) atoms. The minimum absolute atomic E-state index is 0.0945. The summed E-state index contributed by atoms with van der Waals surface area (Å²) in [6, 6.07) is 3.15. The molecule has 0 unspecified atom stereocenters. The Kier molecular flexibility index (Phi) is 8.03. The van der Waals surface area contributed by atoms with Crippen LogP contribution in [0.4, 0.5) is 27.5 Å². The van der Waals surface area contributed by atoms with E-state index in [4.69, 9.17) is 0 Å². The Labute approximate surface area is 208 Å². The summed E-state index contributed by atoms with van der Waals surface area (Å²) in [4.78, 5) is 25.3. The molecule has 0 saturated carbocycles. The zero-order chi connectivity index (χ0) is 24.8. The van der Waals surface area contributed by atoms with Crippen LogP contribution in [0.2, 0.25) is 0 Å². The maximum atomic E-state index is 14.8. The average Bonchev–Trinajstić information content (AvgIpc) is 3.24. The Morgan fingerprint density at radius 1 is 1.26 bits per heavy atom. The van der Waals surface area contributed by atoms with Gasteiger partial charge in [0.1, 0.15) is 5.82 Å². The van der Waals surface area contributed by atoms with Crippen molar-refractivity contribution in [3.05, 3.63) is 43.0 Å². The number of fused-ring (bicyclic) bond motifs is 1. The van der Waals surface area contributed by atoms with Crippen molar-refractivity contribution in [2.24, 2.45) is 0 Å². The highest BCUT2D eigenvalue weighted by Crippen LogP contribution is 2.29. The number of rotatable bonds is 10. The topological polar surface area (TPSA) is 103 Å². The molecule has 1 fully saturated rings. The van der Waals surface area contributed by atoms with E-state index in [0.29, 0.717) is 56.3 Å². The van der Waals surface area contributed by atoms with E-state index in [2.05, 4.69) is 42.5 Å². The van der Waals surface area contributed by atoms with E-state index in [-0.39, 0.29) is 17.5 Å². The van der Waals surface area contributed by atoms with E-state index in [1.54, 1.807) is 48.0 Å². The normalized spacial score (nSPS) is 13.8. The summed E-state index contributed by atoms with van der Waals surface area (Å²) < 4.78 is 16.5. The Morgan fingerprint density at radius 3 is 2.77 bits per heavy atom. The lowest BCUT2D eigenvalue weighted by Crippen LogP contribution is -2.50. The van der Waals surface area contributed by atoms with Crippen LogP contribution in [0.3, 0.4) is 0 Å². The molecular formula is C23H30FN9OS. The number of carbonyl (C=O) groups excluding carboxylic acids is 1. The fraction of sp³-hybridized carbons (Fsp3) is 0.391. The van der Waals surface area contributed by atoms with Gasteiger partial charge in [0.25, 0.3) is 0 Å². The number of benzene rings is 1.